The predicted octanol–water partition coefficient (Wildman–Crippen LogP) is 2.94. The van der Waals surface area contributed by atoms with Crippen molar-refractivity contribution >= 4 is 23.1 Å². The predicted molar refractivity (Wildman–Crippen MR) is 67.8 cm³/mol. The van der Waals surface area contributed by atoms with E-state index < -0.39 is 0 Å². The summed E-state index contributed by atoms with van der Waals surface area (Å²) < 4.78 is 5.61. The van der Waals surface area contributed by atoms with E-state index in [9.17, 15) is 0 Å². The van der Waals surface area contributed by atoms with Crippen LogP contribution in [0.5, 0.6) is 0 Å². The molecule has 5 heteroatoms. The van der Waals surface area contributed by atoms with Gasteiger partial charge in [-0.05, 0) is 18.4 Å². The molecule has 0 saturated heterocycles. The maximum Gasteiger partial charge on any atom is 0.236 e. The number of aromatic nitrogens is 1. The summed E-state index contributed by atoms with van der Waals surface area (Å²) in [6.07, 6.45) is 0. The van der Waals surface area contributed by atoms with Gasteiger partial charge in [0.05, 0.1) is 17.2 Å². The summed E-state index contributed by atoms with van der Waals surface area (Å²) in [5, 5.41) is 10.7. The zero-order chi connectivity index (χ0) is 11.4. The number of rotatable bonds is 5. The first kappa shape index (κ1) is 11.7. The lowest BCUT2D eigenvalue weighted by Crippen LogP contribution is -1.89. The van der Waals surface area contributed by atoms with Crippen molar-refractivity contribution in [2.45, 2.75) is 12.7 Å². The van der Waals surface area contributed by atoms with E-state index in [4.69, 9.17) is 9.52 Å². The highest BCUT2D eigenvalue weighted by atomic mass is 32.2. The average molecular weight is 255 g/mol. The van der Waals surface area contributed by atoms with Crippen molar-refractivity contribution in [3.8, 4) is 10.8 Å². The molecule has 1 N–H and O–H groups in total. The van der Waals surface area contributed by atoms with Gasteiger partial charge in [0.25, 0.3) is 0 Å². The van der Waals surface area contributed by atoms with E-state index in [-0.39, 0.29) is 6.61 Å². The zero-order valence-corrected chi connectivity index (χ0v) is 10.6. The van der Waals surface area contributed by atoms with Crippen molar-refractivity contribution < 1.29 is 9.52 Å². The lowest BCUT2D eigenvalue weighted by Gasteiger charge is -1.94. The van der Waals surface area contributed by atoms with E-state index in [1.807, 2.05) is 24.4 Å². The highest BCUT2D eigenvalue weighted by molar-refractivity contribution is 7.98. The fourth-order valence-corrected chi connectivity index (χ4v) is 2.68. The van der Waals surface area contributed by atoms with Crippen LogP contribution in [0.15, 0.2) is 21.9 Å². The topological polar surface area (TPSA) is 46.3 Å². The molecule has 0 fully saturated rings. The van der Waals surface area contributed by atoms with Gasteiger partial charge in [0.15, 0.2) is 0 Å². The van der Waals surface area contributed by atoms with Gasteiger partial charge in [-0.1, -0.05) is 6.07 Å². The second kappa shape index (κ2) is 5.52. The molecular formula is C11H13NO2S2. The fraction of sp³-hybridized carbons (Fsp3) is 0.364. The molecule has 0 amide bonds. The van der Waals surface area contributed by atoms with Crippen molar-refractivity contribution in [1.82, 2.24) is 4.98 Å². The van der Waals surface area contributed by atoms with Gasteiger partial charge in [-0.3, -0.25) is 0 Å². The molecule has 2 rings (SSSR count). The Morgan fingerprint density at radius 3 is 3.12 bits per heavy atom. The Morgan fingerprint density at radius 1 is 1.56 bits per heavy atom. The van der Waals surface area contributed by atoms with Crippen molar-refractivity contribution in [1.29, 1.82) is 0 Å². The Hall–Kier alpha value is -0.780. The number of aliphatic hydroxyl groups excluding tert-OH is 1. The Balaban J connectivity index is 2.10. The van der Waals surface area contributed by atoms with Gasteiger partial charge in [0.1, 0.15) is 5.76 Å². The van der Waals surface area contributed by atoms with Gasteiger partial charge in [-0.25, -0.2) is 4.98 Å². The number of aliphatic hydroxyl groups is 1. The lowest BCUT2D eigenvalue weighted by atomic mass is 10.4. The lowest BCUT2D eigenvalue weighted by molar-refractivity contribution is 0.322. The van der Waals surface area contributed by atoms with Crippen molar-refractivity contribution in [2.24, 2.45) is 0 Å². The number of hydrogen-bond donors (Lipinski definition) is 1. The van der Waals surface area contributed by atoms with Gasteiger partial charge in [-0.15, -0.1) is 11.3 Å². The third-order valence-corrected chi connectivity index (χ3v) is 3.91. The first-order valence-electron chi connectivity index (χ1n) is 5.00. The first-order valence-corrected chi connectivity index (χ1v) is 7.03. The van der Waals surface area contributed by atoms with Crippen LogP contribution < -0.4 is 0 Å². The summed E-state index contributed by atoms with van der Waals surface area (Å²) in [7, 11) is 0. The smallest absolute Gasteiger partial charge is 0.236 e. The van der Waals surface area contributed by atoms with Gasteiger partial charge in [0.2, 0.25) is 5.89 Å². The second-order valence-corrected chi connectivity index (χ2v) is 5.33. The third-order valence-electron chi connectivity index (χ3n) is 2.10. The monoisotopic (exact) mass is 255 g/mol. The molecule has 0 unspecified atom stereocenters. The average Bonchev–Trinajstić information content (AvgIpc) is 2.88. The normalized spacial score (nSPS) is 10.9. The molecule has 0 saturated carbocycles. The number of thioether (sulfide) groups is 1. The van der Waals surface area contributed by atoms with Crippen molar-refractivity contribution in [3.05, 3.63) is 29.0 Å². The number of oxazole rings is 1. The van der Waals surface area contributed by atoms with Gasteiger partial charge < -0.3 is 9.52 Å². The van der Waals surface area contributed by atoms with Crippen LogP contribution >= 0.6 is 23.1 Å². The summed E-state index contributed by atoms with van der Waals surface area (Å²) >= 11 is 3.29. The van der Waals surface area contributed by atoms with Crippen LogP contribution in [-0.4, -0.2) is 22.5 Å². The molecule has 0 spiro atoms. The van der Waals surface area contributed by atoms with Crippen LogP contribution in [0.1, 0.15) is 11.5 Å². The van der Waals surface area contributed by atoms with Crippen molar-refractivity contribution in [3.63, 3.8) is 0 Å². The van der Waals surface area contributed by atoms with Crippen LogP contribution in [0.2, 0.25) is 0 Å². The quantitative estimate of drug-likeness (QED) is 0.834. The van der Waals surface area contributed by atoms with Crippen molar-refractivity contribution in [2.75, 3.05) is 12.4 Å². The molecule has 0 aromatic carbocycles. The minimum Gasteiger partial charge on any atom is -0.440 e. The molecule has 0 bridgehead atoms. The van der Waals surface area contributed by atoms with Crippen LogP contribution in [0.4, 0.5) is 0 Å². The van der Waals surface area contributed by atoms with E-state index in [1.165, 1.54) is 0 Å². The zero-order valence-electron chi connectivity index (χ0n) is 8.97. The van der Waals surface area contributed by atoms with Crippen LogP contribution in [0, 0.1) is 6.92 Å². The Kier molecular flexibility index (Phi) is 4.04. The minimum atomic E-state index is 0.208. The maximum absolute atomic E-state index is 8.71. The maximum atomic E-state index is 8.71. The summed E-state index contributed by atoms with van der Waals surface area (Å²) in [6.45, 7) is 2.14. The summed E-state index contributed by atoms with van der Waals surface area (Å²) in [5.41, 5.74) is 0.974. The first-order chi connectivity index (χ1) is 7.81. The molecule has 3 nitrogen and oxygen atoms in total. The number of nitrogens with zero attached hydrogens (tertiary/aromatic N) is 1. The summed E-state index contributed by atoms with van der Waals surface area (Å²) in [5.74, 6) is 3.10. The van der Waals surface area contributed by atoms with E-state index >= 15 is 0 Å². The third kappa shape index (κ3) is 2.66. The van der Waals surface area contributed by atoms with Crippen LogP contribution in [0.3, 0.4) is 0 Å². The van der Waals surface area contributed by atoms with Crippen LogP contribution in [-0.2, 0) is 5.75 Å². The van der Waals surface area contributed by atoms with Crippen LogP contribution in [0.25, 0.3) is 10.8 Å². The Labute approximate surface area is 103 Å². The Morgan fingerprint density at radius 2 is 2.44 bits per heavy atom. The minimum absolute atomic E-state index is 0.208. The fourth-order valence-electron chi connectivity index (χ4n) is 1.30. The van der Waals surface area contributed by atoms with E-state index in [0.29, 0.717) is 5.89 Å². The van der Waals surface area contributed by atoms with Gasteiger partial charge in [-0.2, -0.15) is 11.8 Å². The molecule has 86 valence electrons. The molecular weight excluding hydrogens is 242 g/mol. The molecule has 2 aromatic heterocycles. The standard InChI is InChI=1S/C11H13NO2S2/c1-8-9(7-15-6-4-13)12-11(14-8)10-3-2-5-16-10/h2-3,5,13H,4,6-7H2,1H3. The summed E-state index contributed by atoms with van der Waals surface area (Å²) in [4.78, 5) is 5.52. The van der Waals surface area contributed by atoms with Gasteiger partial charge in [0, 0.05) is 11.5 Å². The highest BCUT2D eigenvalue weighted by Gasteiger charge is 2.11. The molecule has 0 aliphatic carbocycles. The molecule has 16 heavy (non-hydrogen) atoms. The van der Waals surface area contributed by atoms with E-state index in [2.05, 4.69) is 4.98 Å². The Bertz CT molecular complexity index is 437. The molecule has 0 aliphatic rings. The molecule has 2 heterocycles. The number of aryl methyl sites for hydroxylation is 1. The highest BCUT2D eigenvalue weighted by Crippen LogP contribution is 2.27. The largest absolute Gasteiger partial charge is 0.440 e. The molecule has 0 aliphatic heterocycles. The molecule has 0 atom stereocenters. The SMILES string of the molecule is Cc1oc(-c2cccs2)nc1CSCCO. The number of hydrogen-bond acceptors (Lipinski definition) is 5. The van der Waals surface area contributed by atoms with E-state index in [1.54, 1.807) is 23.1 Å². The summed E-state index contributed by atoms with van der Waals surface area (Å²) in [6, 6.07) is 3.99. The number of thiophene rings is 1. The van der Waals surface area contributed by atoms with E-state index in [0.717, 1.165) is 27.8 Å². The van der Waals surface area contributed by atoms with Gasteiger partial charge >= 0.3 is 0 Å². The molecule has 0 radical (unpaired) electrons. The second-order valence-electron chi connectivity index (χ2n) is 3.28. The molecule has 2 aromatic rings.